The van der Waals surface area contributed by atoms with Gasteiger partial charge in [-0.3, -0.25) is 4.98 Å². The van der Waals surface area contributed by atoms with E-state index >= 15 is 0 Å². The third kappa shape index (κ3) is 2.76. The molecule has 0 amide bonds. The van der Waals surface area contributed by atoms with Crippen LogP contribution >= 0.6 is 0 Å². The predicted octanol–water partition coefficient (Wildman–Crippen LogP) is 1.92. The van der Waals surface area contributed by atoms with Crippen LogP contribution in [0.2, 0.25) is 0 Å². The van der Waals surface area contributed by atoms with Crippen LogP contribution in [0.25, 0.3) is 0 Å². The van der Waals surface area contributed by atoms with Crippen LogP contribution in [-0.2, 0) is 15.6 Å². The lowest BCUT2D eigenvalue weighted by molar-refractivity contribution is 0.255. The molecule has 7 nitrogen and oxygen atoms in total. The molecular weight excluding hydrogens is 326 g/mol. The van der Waals surface area contributed by atoms with Crippen molar-refractivity contribution in [2.45, 2.75) is 37.1 Å². The smallest absolute Gasteiger partial charge is 0.245 e. The largest absolute Gasteiger partial charge is 0.373 e. The molecule has 128 valence electrons. The van der Waals surface area contributed by atoms with Crippen molar-refractivity contribution in [1.82, 2.24) is 19.3 Å². The van der Waals surface area contributed by atoms with Crippen LogP contribution in [0.15, 0.2) is 35.5 Å². The summed E-state index contributed by atoms with van der Waals surface area (Å²) in [6.45, 7) is 4.21. The minimum absolute atomic E-state index is 0.194. The Labute approximate surface area is 142 Å². The first kappa shape index (κ1) is 16.8. The van der Waals surface area contributed by atoms with Crippen LogP contribution in [-0.4, -0.2) is 41.3 Å². The molecule has 1 unspecified atom stereocenters. The number of rotatable bonds is 4. The molecule has 3 heterocycles. The molecule has 1 N–H and O–H groups in total. The summed E-state index contributed by atoms with van der Waals surface area (Å²) in [4.78, 5) is 13.2. The molecule has 2 aromatic heterocycles. The fraction of sp³-hybridized carbons (Fsp3) is 0.438. The van der Waals surface area contributed by atoms with E-state index < -0.39 is 15.6 Å². The fourth-order valence-corrected chi connectivity index (χ4v) is 4.88. The highest BCUT2D eigenvalue weighted by molar-refractivity contribution is 7.89. The Balaban J connectivity index is 2.08. The number of pyridine rings is 1. The molecule has 0 bridgehead atoms. The van der Waals surface area contributed by atoms with Gasteiger partial charge in [0.2, 0.25) is 10.0 Å². The van der Waals surface area contributed by atoms with Crippen LogP contribution in [0.4, 0.5) is 5.82 Å². The highest BCUT2D eigenvalue weighted by Crippen LogP contribution is 2.40. The van der Waals surface area contributed by atoms with Crippen LogP contribution in [0.3, 0.4) is 0 Å². The SMILES string of the molecule is CNc1cc(C)nc(C2(C)CCCN2S(=O)(=O)c2cccnc2)n1. The maximum atomic E-state index is 13.1. The van der Waals surface area contributed by atoms with Gasteiger partial charge in [0.15, 0.2) is 5.82 Å². The van der Waals surface area contributed by atoms with Gasteiger partial charge >= 0.3 is 0 Å². The molecular formula is C16H21N5O2S. The molecule has 3 rings (SSSR count). The van der Waals surface area contributed by atoms with E-state index in [9.17, 15) is 8.42 Å². The molecule has 8 heteroatoms. The van der Waals surface area contributed by atoms with Crippen molar-refractivity contribution in [3.63, 3.8) is 0 Å². The highest BCUT2D eigenvalue weighted by atomic mass is 32.2. The van der Waals surface area contributed by atoms with Gasteiger partial charge in [-0.25, -0.2) is 18.4 Å². The summed E-state index contributed by atoms with van der Waals surface area (Å²) in [5.74, 6) is 1.21. The lowest BCUT2D eigenvalue weighted by Crippen LogP contribution is -2.44. The summed E-state index contributed by atoms with van der Waals surface area (Å²) < 4.78 is 27.7. The number of nitrogens with one attached hydrogen (secondary N) is 1. The Bertz CT molecular complexity index is 841. The second kappa shape index (κ2) is 6.10. The normalized spacial score (nSPS) is 21.8. The minimum atomic E-state index is -3.66. The van der Waals surface area contributed by atoms with Crippen LogP contribution in [0, 0.1) is 6.92 Å². The molecule has 1 aliphatic heterocycles. The Morgan fingerprint density at radius 1 is 1.33 bits per heavy atom. The predicted molar refractivity (Wildman–Crippen MR) is 91.0 cm³/mol. The number of hydrogen-bond acceptors (Lipinski definition) is 6. The van der Waals surface area contributed by atoms with Crippen molar-refractivity contribution in [2.24, 2.45) is 0 Å². The number of nitrogens with zero attached hydrogens (tertiary/aromatic N) is 4. The molecule has 0 aromatic carbocycles. The first-order chi connectivity index (χ1) is 11.4. The second-order valence-electron chi connectivity index (χ2n) is 6.11. The first-order valence-electron chi connectivity index (χ1n) is 7.85. The lowest BCUT2D eigenvalue weighted by atomic mass is 9.99. The molecule has 1 atom stereocenters. The summed E-state index contributed by atoms with van der Waals surface area (Å²) in [7, 11) is -1.87. The van der Waals surface area contributed by atoms with E-state index in [1.54, 1.807) is 25.4 Å². The van der Waals surface area contributed by atoms with E-state index in [0.717, 1.165) is 12.1 Å². The molecule has 1 saturated heterocycles. The van der Waals surface area contributed by atoms with Crippen molar-refractivity contribution in [2.75, 3.05) is 18.9 Å². The van der Waals surface area contributed by atoms with Crippen molar-refractivity contribution in [3.05, 3.63) is 42.1 Å². The zero-order valence-electron chi connectivity index (χ0n) is 14.0. The van der Waals surface area contributed by atoms with E-state index in [0.29, 0.717) is 24.6 Å². The van der Waals surface area contributed by atoms with E-state index in [1.165, 1.54) is 10.5 Å². The number of anilines is 1. The molecule has 24 heavy (non-hydrogen) atoms. The standard InChI is InChI=1S/C16H21N5O2S/c1-12-10-14(17-3)20-15(19-12)16(2)7-5-9-21(16)24(22,23)13-6-4-8-18-11-13/h4,6,8,10-11H,5,7,9H2,1-3H3,(H,17,19,20). The molecule has 2 aromatic rings. The van der Waals surface area contributed by atoms with Crippen molar-refractivity contribution < 1.29 is 8.42 Å². The van der Waals surface area contributed by atoms with Crippen LogP contribution < -0.4 is 5.32 Å². The maximum absolute atomic E-state index is 13.1. The molecule has 0 aliphatic carbocycles. The summed E-state index contributed by atoms with van der Waals surface area (Å²) in [6, 6.07) is 5.03. The van der Waals surface area contributed by atoms with Gasteiger partial charge in [-0.2, -0.15) is 4.31 Å². The molecule has 1 aliphatic rings. The Hall–Kier alpha value is -2.06. The number of aryl methyl sites for hydroxylation is 1. The minimum Gasteiger partial charge on any atom is -0.373 e. The quantitative estimate of drug-likeness (QED) is 0.909. The summed E-state index contributed by atoms with van der Waals surface area (Å²) >= 11 is 0. The van der Waals surface area contributed by atoms with E-state index in [4.69, 9.17) is 0 Å². The van der Waals surface area contributed by atoms with E-state index in [2.05, 4.69) is 20.3 Å². The Kier molecular flexibility index (Phi) is 4.27. The zero-order valence-corrected chi connectivity index (χ0v) is 14.8. The lowest BCUT2D eigenvalue weighted by Gasteiger charge is -2.33. The maximum Gasteiger partial charge on any atom is 0.245 e. The van der Waals surface area contributed by atoms with Crippen molar-refractivity contribution >= 4 is 15.8 Å². The Morgan fingerprint density at radius 3 is 2.79 bits per heavy atom. The highest BCUT2D eigenvalue weighted by Gasteiger charge is 2.47. The average molecular weight is 347 g/mol. The first-order valence-corrected chi connectivity index (χ1v) is 9.29. The summed E-state index contributed by atoms with van der Waals surface area (Å²) in [6.07, 6.45) is 4.39. The number of aromatic nitrogens is 3. The average Bonchev–Trinajstić information content (AvgIpc) is 2.99. The number of hydrogen-bond donors (Lipinski definition) is 1. The molecule has 0 saturated carbocycles. The number of sulfonamides is 1. The second-order valence-corrected chi connectivity index (χ2v) is 7.97. The molecule has 0 radical (unpaired) electrons. The van der Waals surface area contributed by atoms with Gasteiger partial charge in [0, 0.05) is 37.7 Å². The van der Waals surface area contributed by atoms with Crippen molar-refractivity contribution in [3.8, 4) is 0 Å². The summed E-state index contributed by atoms with van der Waals surface area (Å²) in [5, 5.41) is 3.01. The van der Waals surface area contributed by atoms with Gasteiger partial charge in [0.1, 0.15) is 10.7 Å². The third-order valence-electron chi connectivity index (χ3n) is 4.39. The van der Waals surface area contributed by atoms with Gasteiger partial charge in [-0.15, -0.1) is 0 Å². The molecule has 1 fully saturated rings. The van der Waals surface area contributed by atoms with Gasteiger partial charge in [0.25, 0.3) is 0 Å². The van der Waals surface area contributed by atoms with Crippen LogP contribution in [0.5, 0.6) is 0 Å². The fourth-order valence-electron chi connectivity index (χ4n) is 3.11. The van der Waals surface area contributed by atoms with E-state index in [-0.39, 0.29) is 4.90 Å². The van der Waals surface area contributed by atoms with Crippen LogP contribution in [0.1, 0.15) is 31.3 Å². The van der Waals surface area contributed by atoms with Crippen molar-refractivity contribution in [1.29, 1.82) is 0 Å². The monoisotopic (exact) mass is 347 g/mol. The topological polar surface area (TPSA) is 88.1 Å². The van der Waals surface area contributed by atoms with Gasteiger partial charge in [0.05, 0.1) is 5.54 Å². The zero-order chi connectivity index (χ0) is 17.4. The summed E-state index contributed by atoms with van der Waals surface area (Å²) in [5.41, 5.74) is 0.0305. The van der Waals surface area contributed by atoms with E-state index in [1.807, 2.05) is 19.9 Å². The van der Waals surface area contributed by atoms with Gasteiger partial charge < -0.3 is 5.32 Å². The third-order valence-corrected chi connectivity index (χ3v) is 6.39. The van der Waals surface area contributed by atoms with Gasteiger partial charge in [-0.05, 0) is 38.8 Å². The Morgan fingerprint density at radius 2 is 2.12 bits per heavy atom. The van der Waals surface area contributed by atoms with Gasteiger partial charge in [-0.1, -0.05) is 0 Å². The molecule has 0 spiro atoms.